The number of piperidine rings is 1. The van der Waals surface area contributed by atoms with E-state index in [-0.39, 0.29) is 11.8 Å². The van der Waals surface area contributed by atoms with Gasteiger partial charge in [-0.15, -0.1) is 0 Å². The second kappa shape index (κ2) is 10.5. The fraction of sp³-hybridized carbons (Fsp3) is 0.467. The largest absolute Gasteiger partial charge is 0.480 e. The van der Waals surface area contributed by atoms with Gasteiger partial charge in [0.25, 0.3) is 0 Å². The first-order chi connectivity index (χ1) is 18.9. The number of halogens is 1. The van der Waals surface area contributed by atoms with Gasteiger partial charge in [0, 0.05) is 24.0 Å². The molecule has 2 fully saturated rings. The summed E-state index contributed by atoms with van der Waals surface area (Å²) < 4.78 is 2.65. The van der Waals surface area contributed by atoms with E-state index in [1.165, 1.54) is 12.8 Å². The number of aliphatic carboxylic acids is 1. The van der Waals surface area contributed by atoms with Crippen molar-refractivity contribution in [2.45, 2.75) is 69.9 Å². The van der Waals surface area contributed by atoms with Gasteiger partial charge in [0.15, 0.2) is 11.4 Å². The second-order valence-corrected chi connectivity index (χ2v) is 12.0. The molecule has 8 nitrogen and oxygen atoms in total. The van der Waals surface area contributed by atoms with E-state index in [1.807, 2.05) is 36.4 Å². The van der Waals surface area contributed by atoms with Crippen LogP contribution in [0.25, 0.3) is 16.9 Å². The van der Waals surface area contributed by atoms with E-state index in [0.717, 1.165) is 79.0 Å². The highest BCUT2D eigenvalue weighted by Crippen LogP contribution is 2.53. The summed E-state index contributed by atoms with van der Waals surface area (Å²) in [5.41, 5.74) is 3.81. The molecule has 2 atom stereocenters. The number of imidazole rings is 1. The minimum Gasteiger partial charge on any atom is -0.480 e. The summed E-state index contributed by atoms with van der Waals surface area (Å²) in [5.74, 6) is 0.177. The summed E-state index contributed by atoms with van der Waals surface area (Å²) >= 11 is 3.42. The lowest BCUT2D eigenvalue weighted by Crippen LogP contribution is -2.53. The number of nitrogens with one attached hydrogen (secondary N) is 1. The second-order valence-electron chi connectivity index (χ2n) is 11.2. The van der Waals surface area contributed by atoms with E-state index < -0.39 is 17.4 Å². The molecule has 3 aromatic rings. The summed E-state index contributed by atoms with van der Waals surface area (Å²) in [6.07, 6.45) is 10.2. The highest BCUT2D eigenvalue weighted by Gasteiger charge is 2.53. The van der Waals surface area contributed by atoms with Crippen LogP contribution in [0.1, 0.15) is 68.8 Å². The van der Waals surface area contributed by atoms with E-state index in [1.54, 1.807) is 6.20 Å². The molecule has 1 saturated heterocycles. The number of hydrogen-bond donors (Lipinski definition) is 2. The third-order valence-corrected chi connectivity index (χ3v) is 9.56. The number of aromatic nitrogens is 3. The molecule has 39 heavy (non-hydrogen) atoms. The molecular formula is C30H34BrN5O3. The predicted molar refractivity (Wildman–Crippen MR) is 153 cm³/mol. The average molecular weight is 593 g/mol. The molecule has 2 aromatic heterocycles. The number of carboxylic acid groups (broad SMARTS) is 1. The number of ketones is 1. The monoisotopic (exact) mass is 591 g/mol. The van der Waals surface area contributed by atoms with Gasteiger partial charge in [-0.3, -0.25) is 14.3 Å². The molecule has 2 N–H and O–H groups in total. The SMILES string of the molecule is CN1CCCC[C@H]1c1nc2cccnc2n1-c1ccc(C[C@H](NC2=C(Br)C(=O)C23CCCCC3)C(=O)O)cc1. The van der Waals surface area contributed by atoms with E-state index in [4.69, 9.17) is 4.98 Å². The number of rotatable bonds is 7. The molecule has 2 aliphatic carbocycles. The zero-order valence-corrected chi connectivity index (χ0v) is 23.8. The van der Waals surface area contributed by atoms with Crippen molar-refractivity contribution in [1.82, 2.24) is 24.8 Å². The number of allylic oxidation sites excluding steroid dienone is 2. The fourth-order valence-electron chi connectivity index (χ4n) is 6.62. The van der Waals surface area contributed by atoms with Crippen LogP contribution in [-0.4, -0.2) is 55.9 Å². The zero-order chi connectivity index (χ0) is 27.1. The number of carboxylic acids is 1. The van der Waals surface area contributed by atoms with Gasteiger partial charge in [0.2, 0.25) is 0 Å². The number of Topliss-reactive ketones (excluding diaryl/α,β-unsaturated/α-hetero) is 1. The maximum atomic E-state index is 12.8. The predicted octanol–water partition coefficient (Wildman–Crippen LogP) is 5.30. The molecule has 6 rings (SSSR count). The molecule has 1 aliphatic heterocycles. The molecule has 204 valence electrons. The molecule has 0 radical (unpaired) electrons. The van der Waals surface area contributed by atoms with Crippen molar-refractivity contribution in [3.8, 4) is 5.69 Å². The van der Waals surface area contributed by atoms with Crippen molar-refractivity contribution >= 4 is 38.8 Å². The van der Waals surface area contributed by atoms with Gasteiger partial charge < -0.3 is 10.4 Å². The quantitative estimate of drug-likeness (QED) is 0.384. The van der Waals surface area contributed by atoms with Crippen molar-refractivity contribution < 1.29 is 14.7 Å². The molecule has 3 aliphatic rings. The van der Waals surface area contributed by atoms with E-state index in [0.29, 0.717) is 10.9 Å². The summed E-state index contributed by atoms with van der Waals surface area (Å²) in [6, 6.07) is 11.3. The Kier molecular flexibility index (Phi) is 7.05. The molecule has 3 heterocycles. The van der Waals surface area contributed by atoms with Gasteiger partial charge in [-0.05, 0) is 85.0 Å². The lowest BCUT2D eigenvalue weighted by Gasteiger charge is -2.46. The normalized spacial score (nSPS) is 22.2. The standard InChI is InChI=1S/C30H34BrN5O3/c1-35-17-6-3-9-23(35)28-34-21-8-7-16-32-27(21)36(28)20-12-10-19(11-13-20)18-22(29(38)39)33-25-24(31)26(37)30(25)14-4-2-5-15-30/h7-8,10-13,16,22-23,33H,2-6,9,14-15,17-18H2,1H3,(H,38,39)/t22-,23-/m0/s1. The molecule has 9 heteroatoms. The fourth-order valence-corrected chi connectivity index (χ4v) is 7.49. The topological polar surface area (TPSA) is 100 Å². The van der Waals surface area contributed by atoms with Crippen LogP contribution in [0, 0.1) is 5.41 Å². The third kappa shape index (κ3) is 4.59. The lowest BCUT2D eigenvalue weighted by molar-refractivity contribution is -0.140. The number of likely N-dealkylation sites (tertiary alicyclic amines) is 1. The van der Waals surface area contributed by atoms with Crippen LogP contribution in [0.2, 0.25) is 0 Å². The first-order valence-electron chi connectivity index (χ1n) is 14.0. The minimum absolute atomic E-state index is 0.110. The maximum Gasteiger partial charge on any atom is 0.326 e. The van der Waals surface area contributed by atoms with Crippen LogP contribution in [0.5, 0.6) is 0 Å². The third-order valence-electron chi connectivity index (χ3n) is 8.80. The Morgan fingerprint density at radius 3 is 2.64 bits per heavy atom. The van der Waals surface area contributed by atoms with Gasteiger partial charge in [-0.1, -0.05) is 37.8 Å². The number of hydrogen-bond acceptors (Lipinski definition) is 6. The Morgan fingerprint density at radius 2 is 1.92 bits per heavy atom. The van der Waals surface area contributed by atoms with Crippen molar-refractivity contribution in [3.63, 3.8) is 0 Å². The lowest BCUT2D eigenvalue weighted by atomic mass is 9.62. The number of carbonyl (C=O) groups excluding carboxylic acids is 1. The van der Waals surface area contributed by atoms with E-state index >= 15 is 0 Å². The first-order valence-corrected chi connectivity index (χ1v) is 14.8. The number of carbonyl (C=O) groups is 2. The number of fused-ring (bicyclic) bond motifs is 1. The van der Waals surface area contributed by atoms with Crippen LogP contribution in [0.3, 0.4) is 0 Å². The van der Waals surface area contributed by atoms with E-state index in [2.05, 4.69) is 42.7 Å². The van der Waals surface area contributed by atoms with Gasteiger partial charge in [-0.2, -0.15) is 0 Å². The minimum atomic E-state index is -0.926. The summed E-state index contributed by atoms with van der Waals surface area (Å²) in [7, 11) is 2.16. The van der Waals surface area contributed by atoms with Crippen LogP contribution in [-0.2, 0) is 16.0 Å². The molecule has 1 aromatic carbocycles. The van der Waals surface area contributed by atoms with Crippen molar-refractivity contribution in [2.24, 2.45) is 5.41 Å². The number of benzene rings is 1. The molecule has 1 saturated carbocycles. The van der Waals surface area contributed by atoms with Gasteiger partial charge in [-0.25, -0.2) is 14.8 Å². The molecule has 0 bridgehead atoms. The van der Waals surface area contributed by atoms with Gasteiger partial charge in [0.1, 0.15) is 17.4 Å². The Balaban J connectivity index is 1.27. The smallest absolute Gasteiger partial charge is 0.326 e. The molecule has 0 amide bonds. The van der Waals surface area contributed by atoms with Crippen LogP contribution in [0.15, 0.2) is 52.8 Å². The average Bonchev–Trinajstić information content (AvgIpc) is 3.35. The van der Waals surface area contributed by atoms with Gasteiger partial charge in [0.05, 0.1) is 15.9 Å². The van der Waals surface area contributed by atoms with Crippen molar-refractivity contribution in [1.29, 1.82) is 0 Å². The van der Waals surface area contributed by atoms with Gasteiger partial charge >= 0.3 is 5.97 Å². The highest BCUT2D eigenvalue weighted by atomic mass is 79.9. The first kappa shape index (κ1) is 26.2. The van der Waals surface area contributed by atoms with Crippen LogP contribution >= 0.6 is 15.9 Å². The molecular weight excluding hydrogens is 558 g/mol. The Bertz CT molecular complexity index is 1440. The zero-order valence-electron chi connectivity index (χ0n) is 22.2. The summed E-state index contributed by atoms with van der Waals surface area (Å²) in [5, 5.41) is 13.3. The molecule has 1 spiro atoms. The van der Waals surface area contributed by atoms with Crippen LogP contribution in [0.4, 0.5) is 0 Å². The molecule has 0 unspecified atom stereocenters. The van der Waals surface area contributed by atoms with Crippen LogP contribution < -0.4 is 5.32 Å². The Hall–Kier alpha value is -3.04. The summed E-state index contributed by atoms with van der Waals surface area (Å²) in [4.78, 5) is 37.1. The maximum absolute atomic E-state index is 12.8. The van der Waals surface area contributed by atoms with Crippen molar-refractivity contribution in [3.05, 3.63) is 64.2 Å². The number of pyridine rings is 1. The highest BCUT2D eigenvalue weighted by molar-refractivity contribution is 9.12. The number of nitrogens with zero attached hydrogens (tertiary/aromatic N) is 4. The summed E-state index contributed by atoms with van der Waals surface area (Å²) in [6.45, 7) is 1.04. The van der Waals surface area contributed by atoms with E-state index in [9.17, 15) is 14.7 Å². The Morgan fingerprint density at radius 1 is 1.15 bits per heavy atom. The van der Waals surface area contributed by atoms with Crippen molar-refractivity contribution in [2.75, 3.05) is 13.6 Å². The Labute approximate surface area is 236 Å².